The van der Waals surface area contributed by atoms with Crippen LogP contribution in [-0.2, 0) is 10.0 Å². The van der Waals surface area contributed by atoms with Gasteiger partial charge in [-0.2, -0.15) is 0 Å². The topological polar surface area (TPSA) is 86.7 Å². The molecule has 0 aliphatic carbocycles. The first-order valence-corrected chi connectivity index (χ1v) is 8.41. The molecule has 1 aliphatic heterocycles. The van der Waals surface area contributed by atoms with Crippen LogP contribution in [0.15, 0.2) is 17.0 Å². The summed E-state index contributed by atoms with van der Waals surface area (Å²) in [7, 11) is -3.75. The Bertz CT molecular complexity index is 649. The van der Waals surface area contributed by atoms with Gasteiger partial charge in [-0.1, -0.05) is 12.5 Å². The molecule has 2 rings (SSSR count). The Hall–Kier alpha value is -1.44. The molecule has 0 aromatic heterocycles. The van der Waals surface area contributed by atoms with Gasteiger partial charge in [0.1, 0.15) is 0 Å². The van der Waals surface area contributed by atoms with Gasteiger partial charge in [0.2, 0.25) is 0 Å². The van der Waals surface area contributed by atoms with E-state index in [4.69, 9.17) is 5.11 Å². The molecule has 1 saturated heterocycles. The fourth-order valence-electron chi connectivity index (χ4n) is 2.56. The van der Waals surface area contributed by atoms with Gasteiger partial charge in [-0.25, -0.2) is 18.2 Å². The number of aryl methyl sites for hydroxylation is 2. The van der Waals surface area contributed by atoms with Crippen LogP contribution in [0.2, 0.25) is 0 Å². The largest absolute Gasteiger partial charge is 0.478 e. The monoisotopic (exact) mass is 312 g/mol. The number of benzene rings is 1. The molecule has 0 spiro atoms. The number of piperidine rings is 1. The number of nitrogens with zero attached hydrogens (tertiary/aromatic N) is 1. The minimum Gasteiger partial charge on any atom is -0.478 e. The van der Waals surface area contributed by atoms with E-state index in [2.05, 4.69) is 4.83 Å². The molecule has 0 bridgehead atoms. The average molecular weight is 312 g/mol. The number of carbonyl (C=O) groups is 1. The Kier molecular flexibility index (Phi) is 4.65. The summed E-state index contributed by atoms with van der Waals surface area (Å²) in [6.07, 6.45) is 3.01. The highest BCUT2D eigenvalue weighted by molar-refractivity contribution is 7.89. The first kappa shape index (κ1) is 15.9. The third-order valence-corrected chi connectivity index (χ3v) is 5.16. The molecule has 7 heteroatoms. The maximum atomic E-state index is 12.5. The number of nitrogens with one attached hydrogen (secondary N) is 1. The molecule has 1 aromatic rings. The predicted molar refractivity (Wildman–Crippen MR) is 78.6 cm³/mol. The molecule has 116 valence electrons. The molecule has 0 atom stereocenters. The van der Waals surface area contributed by atoms with Crippen LogP contribution in [0.3, 0.4) is 0 Å². The van der Waals surface area contributed by atoms with Crippen LogP contribution in [0.25, 0.3) is 0 Å². The molecule has 0 saturated carbocycles. The first-order valence-electron chi connectivity index (χ1n) is 6.93. The first-order chi connectivity index (χ1) is 9.81. The summed E-state index contributed by atoms with van der Waals surface area (Å²) < 4.78 is 24.9. The Morgan fingerprint density at radius 3 is 2.33 bits per heavy atom. The molecule has 6 nitrogen and oxygen atoms in total. The summed E-state index contributed by atoms with van der Waals surface area (Å²) in [6.45, 7) is 4.68. The summed E-state index contributed by atoms with van der Waals surface area (Å²) >= 11 is 0. The minimum atomic E-state index is -3.75. The molecular weight excluding hydrogens is 292 g/mol. The van der Waals surface area contributed by atoms with E-state index in [9.17, 15) is 13.2 Å². The minimum absolute atomic E-state index is 0.0135. The Labute approximate surface area is 124 Å². The highest BCUT2D eigenvalue weighted by Crippen LogP contribution is 2.21. The summed E-state index contributed by atoms with van der Waals surface area (Å²) in [6, 6.07) is 2.83. The van der Waals surface area contributed by atoms with Gasteiger partial charge in [-0.3, -0.25) is 0 Å². The van der Waals surface area contributed by atoms with Gasteiger partial charge in [0.25, 0.3) is 10.0 Å². The summed E-state index contributed by atoms with van der Waals surface area (Å²) in [5, 5.41) is 10.8. The number of aromatic carboxylic acids is 1. The van der Waals surface area contributed by atoms with Crippen molar-refractivity contribution in [2.24, 2.45) is 0 Å². The number of hydrogen-bond donors (Lipinski definition) is 2. The predicted octanol–water partition coefficient (Wildman–Crippen LogP) is 1.68. The van der Waals surface area contributed by atoms with Crippen molar-refractivity contribution in [2.45, 2.75) is 38.0 Å². The quantitative estimate of drug-likeness (QED) is 0.883. The highest BCUT2D eigenvalue weighted by Gasteiger charge is 2.23. The molecule has 0 amide bonds. The summed E-state index contributed by atoms with van der Waals surface area (Å²) in [4.78, 5) is 13.8. The van der Waals surface area contributed by atoms with Gasteiger partial charge in [-0.05, 0) is 43.9 Å². The molecule has 0 unspecified atom stereocenters. The van der Waals surface area contributed by atoms with Crippen molar-refractivity contribution in [3.8, 4) is 0 Å². The van der Waals surface area contributed by atoms with Crippen molar-refractivity contribution in [3.05, 3.63) is 28.8 Å². The van der Waals surface area contributed by atoms with Gasteiger partial charge in [0.05, 0.1) is 10.5 Å². The van der Waals surface area contributed by atoms with Crippen LogP contribution in [0.4, 0.5) is 0 Å². The summed E-state index contributed by atoms with van der Waals surface area (Å²) in [5.74, 6) is -1.12. The zero-order valence-corrected chi connectivity index (χ0v) is 13.0. The lowest BCUT2D eigenvalue weighted by Gasteiger charge is -2.27. The highest BCUT2D eigenvalue weighted by atomic mass is 32.2. The van der Waals surface area contributed by atoms with Crippen LogP contribution in [-0.4, -0.2) is 37.6 Å². The smallest absolute Gasteiger partial charge is 0.335 e. The lowest BCUT2D eigenvalue weighted by Crippen LogP contribution is -2.45. The van der Waals surface area contributed by atoms with Crippen LogP contribution < -0.4 is 4.83 Å². The molecule has 1 fully saturated rings. The van der Waals surface area contributed by atoms with Crippen molar-refractivity contribution in [3.63, 3.8) is 0 Å². The lowest BCUT2D eigenvalue weighted by molar-refractivity contribution is 0.0696. The molecule has 1 aromatic carbocycles. The van der Waals surface area contributed by atoms with E-state index in [1.54, 1.807) is 24.9 Å². The van der Waals surface area contributed by atoms with Crippen molar-refractivity contribution < 1.29 is 18.3 Å². The molecule has 1 heterocycles. The zero-order valence-electron chi connectivity index (χ0n) is 12.2. The van der Waals surface area contributed by atoms with Gasteiger partial charge in [-0.15, -0.1) is 4.83 Å². The van der Waals surface area contributed by atoms with E-state index in [1.165, 1.54) is 6.07 Å². The number of sulfonamides is 1. The van der Waals surface area contributed by atoms with Crippen molar-refractivity contribution in [1.29, 1.82) is 0 Å². The van der Waals surface area contributed by atoms with Gasteiger partial charge >= 0.3 is 5.97 Å². The second-order valence-electron chi connectivity index (χ2n) is 5.38. The van der Waals surface area contributed by atoms with Crippen LogP contribution in [0.5, 0.6) is 0 Å². The fourth-order valence-corrected chi connectivity index (χ4v) is 3.93. The van der Waals surface area contributed by atoms with Crippen molar-refractivity contribution in [1.82, 2.24) is 9.84 Å². The third kappa shape index (κ3) is 3.61. The molecule has 21 heavy (non-hydrogen) atoms. The number of carboxylic acid groups (broad SMARTS) is 1. The van der Waals surface area contributed by atoms with E-state index in [-0.39, 0.29) is 10.5 Å². The second-order valence-corrected chi connectivity index (χ2v) is 7.01. The summed E-state index contributed by atoms with van der Waals surface area (Å²) in [5.41, 5.74) is 1.11. The maximum absolute atomic E-state index is 12.5. The Morgan fingerprint density at radius 1 is 1.14 bits per heavy atom. The van der Waals surface area contributed by atoms with E-state index in [0.29, 0.717) is 24.2 Å². The SMILES string of the molecule is Cc1cc(C)c(S(=O)(=O)NN2CCCCC2)cc1C(=O)O. The van der Waals surface area contributed by atoms with Crippen molar-refractivity contribution in [2.75, 3.05) is 13.1 Å². The van der Waals surface area contributed by atoms with E-state index in [0.717, 1.165) is 19.3 Å². The number of hydrogen-bond acceptors (Lipinski definition) is 4. The molecule has 1 aliphatic rings. The zero-order chi connectivity index (χ0) is 15.6. The number of carboxylic acids is 1. The standard InChI is InChI=1S/C14H20N2O4S/c1-10-8-11(2)13(9-12(10)14(17)18)21(19,20)15-16-6-4-3-5-7-16/h8-9,15H,3-7H2,1-2H3,(H,17,18). The van der Waals surface area contributed by atoms with Gasteiger partial charge in [0.15, 0.2) is 0 Å². The molecular formula is C14H20N2O4S. The third-order valence-electron chi connectivity index (χ3n) is 3.65. The van der Waals surface area contributed by atoms with E-state index < -0.39 is 16.0 Å². The number of hydrazine groups is 1. The van der Waals surface area contributed by atoms with Gasteiger partial charge < -0.3 is 5.11 Å². The Morgan fingerprint density at radius 2 is 1.76 bits per heavy atom. The fraction of sp³-hybridized carbons (Fsp3) is 0.500. The van der Waals surface area contributed by atoms with Crippen LogP contribution in [0, 0.1) is 13.8 Å². The van der Waals surface area contributed by atoms with Gasteiger partial charge in [0, 0.05) is 13.1 Å². The van der Waals surface area contributed by atoms with Crippen molar-refractivity contribution >= 4 is 16.0 Å². The Balaban J connectivity index is 2.34. The number of rotatable bonds is 4. The van der Waals surface area contributed by atoms with E-state index >= 15 is 0 Å². The van der Waals surface area contributed by atoms with E-state index in [1.807, 2.05) is 0 Å². The van der Waals surface area contributed by atoms with Crippen LogP contribution >= 0.6 is 0 Å². The van der Waals surface area contributed by atoms with Crippen LogP contribution in [0.1, 0.15) is 40.7 Å². The molecule has 2 N–H and O–H groups in total. The normalized spacial score (nSPS) is 16.9. The maximum Gasteiger partial charge on any atom is 0.335 e. The lowest BCUT2D eigenvalue weighted by atomic mass is 10.1. The second kappa shape index (κ2) is 6.13. The molecule has 0 radical (unpaired) electrons. The average Bonchev–Trinajstić information content (AvgIpc) is 2.38.